The number of Topliss-reactive ketones (excluding diaryl/α,β-unsaturated/α-hetero) is 3. The second-order valence-corrected chi connectivity index (χ2v) is 14.3. The number of nitrogens with one attached hydrogen (secondary N) is 3. The molecule has 0 saturated carbocycles. The Labute approximate surface area is 305 Å². The molecule has 3 aromatic carbocycles. The Morgan fingerprint density at radius 2 is 1.42 bits per heavy atom. The maximum absolute atomic E-state index is 14.4. The Morgan fingerprint density at radius 1 is 0.769 bits per heavy atom. The van der Waals surface area contributed by atoms with Crippen LogP contribution < -0.4 is 22.1 Å². The molecule has 0 bridgehead atoms. The summed E-state index contributed by atoms with van der Waals surface area (Å²) in [5.41, 5.74) is 12.8. The van der Waals surface area contributed by atoms with Crippen LogP contribution in [0, 0.1) is 11.8 Å². The van der Waals surface area contributed by atoms with Gasteiger partial charge in [0.25, 0.3) is 0 Å². The molecule has 276 valence electrons. The summed E-state index contributed by atoms with van der Waals surface area (Å²) in [6, 6.07) is 21.2. The second-order valence-electron chi connectivity index (χ2n) is 14.3. The molecule has 0 spiro atoms. The summed E-state index contributed by atoms with van der Waals surface area (Å²) in [6.07, 6.45) is 5.38. The zero-order valence-electron chi connectivity index (χ0n) is 30.4. The number of rotatable bonds is 21. The number of aromatic amines is 1. The van der Waals surface area contributed by atoms with Gasteiger partial charge in [-0.05, 0) is 74.9 Å². The lowest BCUT2D eigenvalue weighted by molar-refractivity contribution is -0.134. The topological polar surface area (TPSA) is 190 Å². The predicted molar refractivity (Wildman–Crippen MR) is 202 cm³/mol. The monoisotopic (exact) mass is 708 g/mol. The number of nitrogens with two attached hydrogens (primary N) is 2. The highest BCUT2D eigenvalue weighted by atomic mass is 16.2. The summed E-state index contributed by atoms with van der Waals surface area (Å²) in [7, 11) is 0. The third-order valence-corrected chi connectivity index (χ3v) is 9.39. The third-order valence-electron chi connectivity index (χ3n) is 9.39. The van der Waals surface area contributed by atoms with E-state index in [1.807, 2.05) is 72.8 Å². The highest BCUT2D eigenvalue weighted by molar-refractivity contribution is 5.96. The molecule has 2 amide bonds. The molecule has 11 nitrogen and oxygen atoms in total. The summed E-state index contributed by atoms with van der Waals surface area (Å²) >= 11 is 0. The van der Waals surface area contributed by atoms with Gasteiger partial charge in [0.2, 0.25) is 11.8 Å². The number of carbonyl (C=O) groups is 5. The number of benzene rings is 3. The smallest absolute Gasteiger partial charge is 0.240 e. The average molecular weight is 709 g/mol. The highest BCUT2D eigenvalue weighted by Gasteiger charge is 2.33. The first kappa shape index (κ1) is 39.8. The van der Waals surface area contributed by atoms with Crippen LogP contribution in [-0.2, 0) is 43.2 Å². The molecule has 0 saturated heterocycles. The van der Waals surface area contributed by atoms with Crippen LogP contribution in [0.4, 0.5) is 0 Å². The molecular formula is C41H52N6O5. The Morgan fingerprint density at radius 3 is 2.06 bits per heavy atom. The molecule has 0 radical (unpaired) electrons. The van der Waals surface area contributed by atoms with Crippen molar-refractivity contribution < 1.29 is 24.0 Å². The minimum Gasteiger partial charge on any atom is -0.348 e. The van der Waals surface area contributed by atoms with Crippen LogP contribution in [-0.4, -0.2) is 63.3 Å². The van der Waals surface area contributed by atoms with E-state index in [0.29, 0.717) is 18.7 Å². The summed E-state index contributed by atoms with van der Waals surface area (Å²) in [5, 5.41) is 7.80. The van der Waals surface area contributed by atoms with Gasteiger partial charge >= 0.3 is 0 Å². The van der Waals surface area contributed by atoms with E-state index in [0.717, 1.165) is 34.7 Å². The van der Waals surface area contributed by atoms with E-state index in [-0.39, 0.29) is 49.5 Å². The lowest BCUT2D eigenvalue weighted by atomic mass is 9.87. The van der Waals surface area contributed by atoms with Gasteiger partial charge in [0.05, 0.1) is 23.9 Å². The normalized spacial score (nSPS) is 13.9. The van der Waals surface area contributed by atoms with E-state index in [1.54, 1.807) is 20.0 Å². The fourth-order valence-electron chi connectivity index (χ4n) is 6.25. The number of amides is 2. The van der Waals surface area contributed by atoms with Gasteiger partial charge in [0, 0.05) is 43.0 Å². The molecule has 0 aliphatic carbocycles. The molecule has 0 aliphatic rings. The molecule has 4 atom stereocenters. The van der Waals surface area contributed by atoms with Gasteiger partial charge < -0.3 is 27.1 Å². The molecule has 52 heavy (non-hydrogen) atoms. The molecule has 4 aromatic rings. The Kier molecular flexibility index (Phi) is 14.5. The van der Waals surface area contributed by atoms with Gasteiger partial charge in [-0.3, -0.25) is 24.0 Å². The molecule has 0 aliphatic heterocycles. The first-order chi connectivity index (χ1) is 24.8. The minimum absolute atomic E-state index is 0.0148. The Balaban J connectivity index is 1.65. The minimum atomic E-state index is -1.25. The quantitative estimate of drug-likeness (QED) is 0.0797. The van der Waals surface area contributed by atoms with Crippen molar-refractivity contribution in [2.45, 2.75) is 89.8 Å². The molecule has 7 N–H and O–H groups in total. The molecule has 0 fully saturated rings. The second kappa shape index (κ2) is 19.0. The first-order valence-electron chi connectivity index (χ1n) is 18.0. The fourth-order valence-corrected chi connectivity index (χ4v) is 6.25. The van der Waals surface area contributed by atoms with Crippen LogP contribution in [0.15, 0.2) is 85.3 Å². The number of imidazole rings is 1. The number of ketones is 3. The van der Waals surface area contributed by atoms with Gasteiger partial charge in [0.1, 0.15) is 5.78 Å². The van der Waals surface area contributed by atoms with Gasteiger partial charge in [-0.15, -0.1) is 0 Å². The molecule has 1 aromatic heterocycles. The molecule has 11 heteroatoms. The van der Waals surface area contributed by atoms with E-state index in [9.17, 15) is 24.0 Å². The van der Waals surface area contributed by atoms with E-state index >= 15 is 0 Å². The van der Waals surface area contributed by atoms with Crippen LogP contribution >= 0.6 is 0 Å². The van der Waals surface area contributed by atoms with Crippen molar-refractivity contribution in [2.24, 2.45) is 23.3 Å². The number of carbonyl (C=O) groups excluding carboxylic acids is 5. The number of hydrogen-bond donors (Lipinski definition) is 5. The van der Waals surface area contributed by atoms with Crippen molar-refractivity contribution in [1.29, 1.82) is 0 Å². The molecule has 0 unspecified atom stereocenters. The largest absolute Gasteiger partial charge is 0.348 e. The first-order valence-corrected chi connectivity index (χ1v) is 18.0. The van der Waals surface area contributed by atoms with Gasteiger partial charge in [0.15, 0.2) is 11.6 Å². The van der Waals surface area contributed by atoms with Crippen molar-refractivity contribution in [1.82, 2.24) is 20.6 Å². The SMILES string of the molecule is CC(=O)[C@H](CCCCN)CC(=O)[C@@H](Cc1ccccc1)NC(=O)[C@H](CC(=O)[C@H](Cc1cnc[nH]1)NC(=O)C(C)(C)N)Cc1ccc2ccccc2c1. The highest BCUT2D eigenvalue weighted by Crippen LogP contribution is 2.22. The van der Waals surface area contributed by atoms with Crippen molar-refractivity contribution in [3.63, 3.8) is 0 Å². The van der Waals surface area contributed by atoms with Crippen LogP contribution in [0.5, 0.6) is 0 Å². The number of unbranched alkanes of at least 4 members (excludes halogenated alkanes) is 1. The molecular weight excluding hydrogens is 656 g/mol. The van der Waals surface area contributed by atoms with Crippen LogP contribution in [0.25, 0.3) is 10.8 Å². The van der Waals surface area contributed by atoms with Crippen molar-refractivity contribution >= 4 is 39.9 Å². The van der Waals surface area contributed by atoms with Gasteiger partial charge in [-0.2, -0.15) is 0 Å². The van der Waals surface area contributed by atoms with Crippen molar-refractivity contribution in [3.8, 4) is 0 Å². The summed E-state index contributed by atoms with van der Waals surface area (Å²) < 4.78 is 0. The van der Waals surface area contributed by atoms with Crippen LogP contribution in [0.2, 0.25) is 0 Å². The van der Waals surface area contributed by atoms with E-state index in [1.165, 1.54) is 13.3 Å². The average Bonchev–Trinajstić information content (AvgIpc) is 3.63. The molecule has 4 rings (SSSR count). The fraction of sp³-hybridized carbons (Fsp3) is 0.415. The number of hydrogen-bond acceptors (Lipinski definition) is 8. The summed E-state index contributed by atoms with van der Waals surface area (Å²) in [6.45, 7) is 5.09. The summed E-state index contributed by atoms with van der Waals surface area (Å²) in [4.78, 5) is 75.0. The Hall–Kier alpha value is -5.00. The maximum atomic E-state index is 14.4. The summed E-state index contributed by atoms with van der Waals surface area (Å²) in [5.74, 6) is -3.06. The van der Waals surface area contributed by atoms with Gasteiger partial charge in [-0.1, -0.05) is 79.2 Å². The number of H-pyrrole nitrogens is 1. The van der Waals surface area contributed by atoms with Crippen molar-refractivity contribution in [2.75, 3.05) is 6.54 Å². The van der Waals surface area contributed by atoms with Crippen LogP contribution in [0.1, 0.15) is 69.7 Å². The number of fused-ring (bicyclic) bond motifs is 1. The predicted octanol–water partition coefficient (Wildman–Crippen LogP) is 4.17. The van der Waals surface area contributed by atoms with E-state index < -0.39 is 41.3 Å². The zero-order valence-corrected chi connectivity index (χ0v) is 30.4. The zero-order chi connectivity index (χ0) is 37.7. The van der Waals surface area contributed by atoms with Crippen molar-refractivity contribution in [3.05, 3.63) is 102 Å². The lowest BCUT2D eigenvalue weighted by Gasteiger charge is -2.26. The Bertz CT molecular complexity index is 1800. The number of nitrogens with zero attached hydrogens (tertiary/aromatic N) is 1. The number of aromatic nitrogens is 2. The maximum Gasteiger partial charge on any atom is 0.240 e. The van der Waals surface area contributed by atoms with E-state index in [2.05, 4.69) is 20.6 Å². The lowest BCUT2D eigenvalue weighted by Crippen LogP contribution is -2.55. The van der Waals surface area contributed by atoms with E-state index in [4.69, 9.17) is 11.5 Å². The molecule has 1 heterocycles. The van der Waals surface area contributed by atoms with Gasteiger partial charge in [-0.25, -0.2) is 4.98 Å². The van der Waals surface area contributed by atoms with Crippen LogP contribution in [0.3, 0.4) is 0 Å². The third kappa shape index (κ3) is 12.1. The standard InChI is InChI=1S/C41H52N6O5/c1-27(48)31(14-9-10-18-42)22-37(49)35(21-28-11-5-4-6-12-28)46-39(51)33(20-29-16-17-30-13-7-8-15-32(30)19-29)23-38(50)36(24-34-25-44-26-45-34)47-40(52)41(2,3)43/h4-8,11-13,15-17,19,25-26,31,33,35-36H,9-10,14,18,20-24,42-43H2,1-3H3,(H,44,45)(H,46,51)(H,47,52)/t31-,33+,35-,36+/m1/s1.